The second-order valence-electron chi connectivity index (χ2n) is 5.12. The summed E-state index contributed by atoms with van der Waals surface area (Å²) in [5.41, 5.74) is -0.244. The molecule has 0 saturated heterocycles. The van der Waals surface area contributed by atoms with E-state index in [1.54, 1.807) is 4.57 Å². The molecule has 0 saturated carbocycles. The minimum atomic E-state index is -0.913. The molecular weight excluding hydrogens is 276 g/mol. The molecular formula is C13H20N4O4. The van der Waals surface area contributed by atoms with Crippen molar-refractivity contribution in [3.8, 4) is 0 Å². The van der Waals surface area contributed by atoms with E-state index in [-0.39, 0.29) is 18.1 Å². The van der Waals surface area contributed by atoms with Crippen molar-refractivity contribution in [2.24, 2.45) is 0 Å². The van der Waals surface area contributed by atoms with E-state index in [9.17, 15) is 14.4 Å². The predicted octanol–water partition coefficient (Wildman–Crippen LogP) is -0.551. The van der Waals surface area contributed by atoms with Crippen molar-refractivity contribution < 1.29 is 14.3 Å². The first kappa shape index (κ1) is 15.3. The number of nitrogens with one attached hydrogen (secondary N) is 1. The Labute approximate surface area is 122 Å². The molecule has 0 aromatic carbocycles. The minimum Gasteiger partial charge on any atom is -0.467 e. The van der Waals surface area contributed by atoms with Gasteiger partial charge in [-0.15, -0.1) is 0 Å². The number of carbonyl (C=O) groups is 2. The summed E-state index contributed by atoms with van der Waals surface area (Å²) in [6, 6.07) is -0.913. The Morgan fingerprint density at radius 1 is 1.38 bits per heavy atom. The van der Waals surface area contributed by atoms with Crippen molar-refractivity contribution in [3.05, 3.63) is 16.3 Å². The molecule has 116 valence electrons. The second kappa shape index (κ2) is 6.55. The topological polar surface area (TPSA) is 95.2 Å². The lowest BCUT2D eigenvalue weighted by atomic mass is 10.2. The lowest BCUT2D eigenvalue weighted by molar-refractivity contribution is -0.145. The zero-order valence-electron chi connectivity index (χ0n) is 12.3. The maximum Gasteiger partial charge on any atom is 0.346 e. The van der Waals surface area contributed by atoms with Gasteiger partial charge in [-0.3, -0.25) is 9.36 Å². The standard InChI is InChI=1S/C13H20N4O4/c1-9(18)14-10(12(19)21-2)8-17-13(20)16-7-5-3-4-6-11(16)15-17/h10H,3-8H2,1-2H3,(H,14,18). The molecule has 1 N–H and O–H groups in total. The summed E-state index contributed by atoms with van der Waals surface area (Å²) >= 11 is 0. The van der Waals surface area contributed by atoms with Gasteiger partial charge in [0.05, 0.1) is 13.7 Å². The first-order valence-corrected chi connectivity index (χ1v) is 7.04. The largest absolute Gasteiger partial charge is 0.467 e. The highest BCUT2D eigenvalue weighted by atomic mass is 16.5. The van der Waals surface area contributed by atoms with Gasteiger partial charge in [0, 0.05) is 19.9 Å². The van der Waals surface area contributed by atoms with E-state index < -0.39 is 12.0 Å². The Morgan fingerprint density at radius 3 is 2.81 bits per heavy atom. The van der Waals surface area contributed by atoms with E-state index in [2.05, 4.69) is 15.2 Å². The van der Waals surface area contributed by atoms with Crippen LogP contribution in [0.1, 0.15) is 32.0 Å². The number of rotatable bonds is 4. The normalized spacial score (nSPS) is 15.7. The van der Waals surface area contributed by atoms with Crippen LogP contribution in [0.25, 0.3) is 0 Å². The predicted molar refractivity (Wildman–Crippen MR) is 73.7 cm³/mol. The Bertz CT molecular complexity index is 589. The molecule has 1 aromatic rings. The van der Waals surface area contributed by atoms with Crippen molar-refractivity contribution >= 4 is 11.9 Å². The molecule has 1 amide bonds. The molecule has 0 fully saturated rings. The highest BCUT2D eigenvalue weighted by molar-refractivity contribution is 5.83. The maximum atomic E-state index is 12.3. The molecule has 8 heteroatoms. The third-order valence-corrected chi connectivity index (χ3v) is 3.50. The van der Waals surface area contributed by atoms with Gasteiger partial charge in [0.2, 0.25) is 5.91 Å². The smallest absolute Gasteiger partial charge is 0.346 e. The number of aromatic nitrogens is 3. The SMILES string of the molecule is COC(=O)C(Cn1nc2n(c1=O)CCCCC2)NC(C)=O. The lowest BCUT2D eigenvalue weighted by Crippen LogP contribution is -2.45. The van der Waals surface area contributed by atoms with Crippen LogP contribution in [-0.4, -0.2) is 39.4 Å². The number of fused-ring (bicyclic) bond motifs is 1. The molecule has 1 aliphatic heterocycles. The maximum absolute atomic E-state index is 12.3. The summed E-state index contributed by atoms with van der Waals surface area (Å²) in [6.45, 7) is 1.93. The van der Waals surface area contributed by atoms with Crippen LogP contribution in [0.15, 0.2) is 4.79 Å². The van der Waals surface area contributed by atoms with Gasteiger partial charge < -0.3 is 10.1 Å². The molecule has 1 unspecified atom stereocenters. The monoisotopic (exact) mass is 296 g/mol. The zero-order valence-corrected chi connectivity index (χ0v) is 12.3. The molecule has 8 nitrogen and oxygen atoms in total. The van der Waals surface area contributed by atoms with Crippen LogP contribution in [0.3, 0.4) is 0 Å². The fourth-order valence-corrected chi connectivity index (χ4v) is 2.48. The van der Waals surface area contributed by atoms with Gasteiger partial charge in [-0.05, 0) is 12.8 Å². The molecule has 1 atom stereocenters. The van der Waals surface area contributed by atoms with E-state index in [4.69, 9.17) is 0 Å². The quantitative estimate of drug-likeness (QED) is 0.752. The summed E-state index contributed by atoms with van der Waals surface area (Å²) in [7, 11) is 1.24. The molecule has 21 heavy (non-hydrogen) atoms. The molecule has 0 bridgehead atoms. The summed E-state index contributed by atoms with van der Waals surface area (Å²) in [5.74, 6) is -0.219. The van der Waals surface area contributed by atoms with Crippen LogP contribution in [0.5, 0.6) is 0 Å². The van der Waals surface area contributed by atoms with Crippen LogP contribution in [0.2, 0.25) is 0 Å². The second-order valence-corrected chi connectivity index (χ2v) is 5.12. The number of methoxy groups -OCH3 is 1. The fourth-order valence-electron chi connectivity index (χ4n) is 2.48. The fraction of sp³-hybridized carbons (Fsp3) is 0.692. The van der Waals surface area contributed by atoms with E-state index in [1.807, 2.05) is 0 Å². The van der Waals surface area contributed by atoms with Gasteiger partial charge in [0.1, 0.15) is 11.9 Å². The number of hydrogen-bond donors (Lipinski definition) is 1. The summed E-state index contributed by atoms with van der Waals surface area (Å²) in [5, 5.41) is 6.76. The highest BCUT2D eigenvalue weighted by Gasteiger charge is 2.24. The summed E-state index contributed by atoms with van der Waals surface area (Å²) in [4.78, 5) is 35.1. The van der Waals surface area contributed by atoms with Crippen molar-refractivity contribution in [1.29, 1.82) is 0 Å². The summed E-state index contributed by atoms with van der Waals surface area (Å²) < 4.78 is 7.53. The van der Waals surface area contributed by atoms with Crippen LogP contribution < -0.4 is 11.0 Å². The third-order valence-electron chi connectivity index (χ3n) is 3.50. The van der Waals surface area contributed by atoms with E-state index >= 15 is 0 Å². The van der Waals surface area contributed by atoms with Crippen molar-refractivity contribution in [3.63, 3.8) is 0 Å². The molecule has 1 aromatic heterocycles. The number of aryl methyl sites for hydroxylation is 1. The number of amides is 1. The van der Waals surface area contributed by atoms with Gasteiger partial charge in [-0.25, -0.2) is 14.3 Å². The van der Waals surface area contributed by atoms with E-state index in [1.165, 1.54) is 18.7 Å². The van der Waals surface area contributed by atoms with Crippen molar-refractivity contribution in [1.82, 2.24) is 19.7 Å². The summed E-state index contributed by atoms with van der Waals surface area (Å²) in [6.07, 6.45) is 3.79. The number of nitrogens with zero attached hydrogens (tertiary/aromatic N) is 3. The highest BCUT2D eigenvalue weighted by Crippen LogP contribution is 2.10. The molecule has 0 radical (unpaired) electrons. The zero-order chi connectivity index (χ0) is 15.4. The number of esters is 1. The number of hydrogen-bond acceptors (Lipinski definition) is 5. The Morgan fingerprint density at radius 2 is 2.14 bits per heavy atom. The van der Waals surface area contributed by atoms with Crippen molar-refractivity contribution in [2.45, 2.75) is 51.7 Å². The van der Waals surface area contributed by atoms with Crippen LogP contribution in [-0.2, 0) is 33.8 Å². The first-order chi connectivity index (χ1) is 10.0. The van der Waals surface area contributed by atoms with E-state index in [0.29, 0.717) is 6.54 Å². The first-order valence-electron chi connectivity index (χ1n) is 7.04. The molecule has 0 spiro atoms. The van der Waals surface area contributed by atoms with Gasteiger partial charge in [-0.1, -0.05) is 6.42 Å². The van der Waals surface area contributed by atoms with Gasteiger partial charge in [0.15, 0.2) is 0 Å². The average molecular weight is 296 g/mol. The number of ether oxygens (including phenoxy) is 1. The van der Waals surface area contributed by atoms with E-state index in [0.717, 1.165) is 31.5 Å². The lowest BCUT2D eigenvalue weighted by Gasteiger charge is -2.14. The molecule has 1 aliphatic rings. The number of carbonyl (C=O) groups excluding carboxylic acids is 2. The minimum absolute atomic E-state index is 0.0227. The Hall–Kier alpha value is -2.12. The Balaban J connectivity index is 2.23. The Kier molecular flexibility index (Phi) is 4.77. The molecule has 0 aliphatic carbocycles. The molecule has 2 rings (SSSR count). The van der Waals surface area contributed by atoms with Crippen LogP contribution >= 0.6 is 0 Å². The van der Waals surface area contributed by atoms with Crippen LogP contribution in [0, 0.1) is 0 Å². The van der Waals surface area contributed by atoms with Gasteiger partial charge >= 0.3 is 11.7 Å². The van der Waals surface area contributed by atoms with Crippen LogP contribution in [0.4, 0.5) is 0 Å². The third kappa shape index (κ3) is 3.50. The van der Waals surface area contributed by atoms with Gasteiger partial charge in [0.25, 0.3) is 0 Å². The van der Waals surface area contributed by atoms with Gasteiger partial charge in [-0.2, -0.15) is 5.10 Å². The molecule has 2 heterocycles. The van der Waals surface area contributed by atoms with Crippen molar-refractivity contribution in [2.75, 3.05) is 7.11 Å². The average Bonchev–Trinajstić information content (AvgIpc) is 2.64.